The summed E-state index contributed by atoms with van der Waals surface area (Å²) in [6, 6.07) is 7.95. The molecule has 1 aromatic carbocycles. The van der Waals surface area contributed by atoms with Crippen LogP contribution < -0.4 is 20.1 Å². The third-order valence-electron chi connectivity index (χ3n) is 7.45. The van der Waals surface area contributed by atoms with E-state index in [0.29, 0.717) is 43.6 Å². The molecule has 212 valence electrons. The van der Waals surface area contributed by atoms with E-state index in [2.05, 4.69) is 36.4 Å². The smallest absolute Gasteiger partial charge is 0.169 e. The van der Waals surface area contributed by atoms with Gasteiger partial charge in [0.05, 0.1) is 13.7 Å². The van der Waals surface area contributed by atoms with Crippen molar-refractivity contribution in [1.82, 2.24) is 25.0 Å². The molecule has 3 heterocycles. The first-order valence-corrected chi connectivity index (χ1v) is 14.4. The number of nitrogens with zero attached hydrogens (tertiary/aromatic N) is 4. The van der Waals surface area contributed by atoms with Crippen LogP contribution in [0.25, 0.3) is 0 Å². The summed E-state index contributed by atoms with van der Waals surface area (Å²) in [7, 11) is 3.53. The first kappa shape index (κ1) is 28.9. The topological polar surface area (TPSA) is 89.0 Å². The van der Waals surface area contributed by atoms with Crippen molar-refractivity contribution >= 4 is 28.9 Å². The van der Waals surface area contributed by atoms with Gasteiger partial charge in [-0.15, -0.1) is 0 Å². The van der Waals surface area contributed by atoms with Gasteiger partial charge in [0, 0.05) is 75.5 Å². The maximum absolute atomic E-state index is 8.99. The van der Waals surface area contributed by atoms with E-state index in [0.717, 1.165) is 53.7 Å². The number of amidine groups is 1. The number of benzene rings is 1. The summed E-state index contributed by atoms with van der Waals surface area (Å²) in [5.41, 5.74) is 3.77. The van der Waals surface area contributed by atoms with Gasteiger partial charge in [-0.2, -0.15) is 0 Å². The van der Waals surface area contributed by atoms with Crippen LogP contribution in [0.3, 0.4) is 0 Å². The number of aromatic nitrogens is 1. The highest BCUT2D eigenvalue weighted by Crippen LogP contribution is 2.34. The minimum atomic E-state index is 0.471. The lowest BCUT2D eigenvalue weighted by molar-refractivity contribution is 0.203. The van der Waals surface area contributed by atoms with Crippen LogP contribution in [-0.2, 0) is 6.54 Å². The Kier molecular flexibility index (Phi) is 10.6. The molecule has 0 atom stereocenters. The number of pyridine rings is 1. The lowest BCUT2D eigenvalue weighted by Crippen LogP contribution is -2.53. The molecule has 4 rings (SSSR count). The zero-order chi connectivity index (χ0) is 27.6. The van der Waals surface area contributed by atoms with Gasteiger partial charge in [0.2, 0.25) is 0 Å². The first-order chi connectivity index (χ1) is 19.0. The Morgan fingerprint density at radius 3 is 2.44 bits per heavy atom. The zero-order valence-electron chi connectivity index (χ0n) is 23.6. The Bertz CT molecular complexity index is 1100. The fraction of sp³-hybridized carbons (Fsp3) is 0.552. The van der Waals surface area contributed by atoms with E-state index in [-0.39, 0.29) is 0 Å². The molecule has 0 radical (unpaired) electrons. The number of methoxy groups -OCH3 is 1. The molecule has 0 spiro atoms. The van der Waals surface area contributed by atoms with Crippen molar-refractivity contribution in [2.24, 2.45) is 0 Å². The average molecular weight is 554 g/mol. The summed E-state index contributed by atoms with van der Waals surface area (Å²) in [5.74, 6) is 1.84. The maximum Gasteiger partial charge on any atom is 0.169 e. The Morgan fingerprint density at radius 1 is 1.03 bits per heavy atom. The van der Waals surface area contributed by atoms with E-state index in [1.165, 1.54) is 32.4 Å². The van der Waals surface area contributed by atoms with E-state index in [9.17, 15) is 0 Å². The van der Waals surface area contributed by atoms with Crippen LogP contribution in [0.4, 0.5) is 5.69 Å². The lowest BCUT2D eigenvalue weighted by atomic mass is 10.1. The van der Waals surface area contributed by atoms with E-state index in [1.807, 2.05) is 38.4 Å². The van der Waals surface area contributed by atoms with Crippen LogP contribution in [-0.4, -0.2) is 97.2 Å². The van der Waals surface area contributed by atoms with Gasteiger partial charge < -0.3 is 34.8 Å². The lowest BCUT2D eigenvalue weighted by Gasteiger charge is -2.37. The molecule has 0 unspecified atom stereocenters. The highest BCUT2D eigenvalue weighted by atomic mass is 32.1. The molecular formula is C29H43N7O2S. The molecule has 2 fully saturated rings. The van der Waals surface area contributed by atoms with Gasteiger partial charge in [0.1, 0.15) is 5.84 Å². The summed E-state index contributed by atoms with van der Waals surface area (Å²) in [5, 5.41) is 16.3. The Morgan fingerprint density at radius 2 is 1.77 bits per heavy atom. The van der Waals surface area contributed by atoms with Crippen molar-refractivity contribution in [3.05, 3.63) is 47.3 Å². The Labute approximate surface area is 238 Å². The SMILES string of the molecule is CNc1cc(OCCCN2CCCCC2)c(OC)cc1C(=N)N1CCN(C(=S)NCc2ccc(C)nc2)CC1. The molecule has 2 aromatic rings. The van der Waals surface area contributed by atoms with Crippen LogP contribution in [0.15, 0.2) is 30.5 Å². The van der Waals surface area contributed by atoms with E-state index >= 15 is 0 Å². The van der Waals surface area contributed by atoms with Crippen molar-refractivity contribution < 1.29 is 9.47 Å². The van der Waals surface area contributed by atoms with Gasteiger partial charge in [0.25, 0.3) is 0 Å². The minimum absolute atomic E-state index is 0.471. The molecular weight excluding hydrogens is 510 g/mol. The van der Waals surface area contributed by atoms with Crippen molar-refractivity contribution in [3.8, 4) is 11.5 Å². The Hall–Kier alpha value is -3.11. The molecule has 0 amide bonds. The fourth-order valence-electron chi connectivity index (χ4n) is 5.08. The standard InChI is InChI=1S/C29H43N7O2S/c1-22-8-9-23(20-32-22)21-33-29(39)36-15-13-35(14-16-36)28(30)24-18-26(37-3)27(19-25(24)31-2)38-17-7-12-34-10-5-4-6-11-34/h8-9,18-20,30-31H,4-7,10-17,21H2,1-3H3,(H,33,39). The van der Waals surface area contributed by atoms with Gasteiger partial charge in [-0.3, -0.25) is 10.4 Å². The molecule has 1 aromatic heterocycles. The molecule has 2 aliphatic heterocycles. The number of piperidine rings is 1. The molecule has 3 N–H and O–H groups in total. The molecule has 0 aliphatic carbocycles. The quantitative estimate of drug-likeness (QED) is 0.176. The second kappa shape index (κ2) is 14.3. The average Bonchev–Trinajstić information content (AvgIpc) is 2.98. The number of aryl methyl sites for hydroxylation is 1. The van der Waals surface area contributed by atoms with E-state index in [1.54, 1.807) is 7.11 Å². The number of hydrogen-bond donors (Lipinski definition) is 3. The van der Waals surface area contributed by atoms with Crippen molar-refractivity contribution in [2.45, 2.75) is 39.2 Å². The molecule has 0 saturated carbocycles. The van der Waals surface area contributed by atoms with Gasteiger partial charge >= 0.3 is 0 Å². The highest BCUT2D eigenvalue weighted by Gasteiger charge is 2.24. The fourth-order valence-corrected chi connectivity index (χ4v) is 5.34. The van der Waals surface area contributed by atoms with Crippen LogP contribution in [0.1, 0.15) is 42.5 Å². The third kappa shape index (κ3) is 7.95. The summed E-state index contributed by atoms with van der Waals surface area (Å²) in [6.07, 6.45) is 6.82. The number of likely N-dealkylation sites (tertiary alicyclic amines) is 1. The van der Waals surface area contributed by atoms with Gasteiger partial charge in [-0.25, -0.2) is 0 Å². The molecule has 10 heteroatoms. The summed E-state index contributed by atoms with van der Waals surface area (Å²) in [4.78, 5) is 11.1. The zero-order valence-corrected chi connectivity index (χ0v) is 24.4. The van der Waals surface area contributed by atoms with E-state index in [4.69, 9.17) is 27.1 Å². The first-order valence-electron chi connectivity index (χ1n) is 14.0. The number of hydrogen-bond acceptors (Lipinski definition) is 7. The van der Waals surface area contributed by atoms with Crippen molar-refractivity contribution in [2.75, 3.05) is 71.9 Å². The predicted octanol–water partition coefficient (Wildman–Crippen LogP) is 3.71. The van der Waals surface area contributed by atoms with Crippen LogP contribution in [0.5, 0.6) is 11.5 Å². The molecule has 2 aliphatic rings. The van der Waals surface area contributed by atoms with Crippen molar-refractivity contribution in [1.29, 1.82) is 5.41 Å². The number of rotatable bonds is 10. The van der Waals surface area contributed by atoms with Crippen LogP contribution >= 0.6 is 12.2 Å². The van der Waals surface area contributed by atoms with Gasteiger partial charge in [0.15, 0.2) is 16.6 Å². The van der Waals surface area contributed by atoms with Crippen LogP contribution in [0.2, 0.25) is 0 Å². The van der Waals surface area contributed by atoms with Gasteiger partial charge in [-0.05, 0) is 69.2 Å². The Balaban J connectivity index is 1.29. The number of anilines is 1. The highest BCUT2D eigenvalue weighted by molar-refractivity contribution is 7.80. The van der Waals surface area contributed by atoms with Gasteiger partial charge in [-0.1, -0.05) is 12.5 Å². The normalized spacial score (nSPS) is 16.1. The number of thiocarbonyl (C=S) groups is 1. The molecule has 2 saturated heterocycles. The number of ether oxygens (including phenoxy) is 2. The van der Waals surface area contributed by atoms with Crippen LogP contribution in [0, 0.1) is 12.3 Å². The summed E-state index contributed by atoms with van der Waals surface area (Å²) >= 11 is 5.64. The minimum Gasteiger partial charge on any atom is -0.493 e. The summed E-state index contributed by atoms with van der Waals surface area (Å²) in [6.45, 7) is 9.68. The maximum atomic E-state index is 8.99. The largest absolute Gasteiger partial charge is 0.493 e. The molecule has 39 heavy (non-hydrogen) atoms. The third-order valence-corrected chi connectivity index (χ3v) is 7.86. The van der Waals surface area contributed by atoms with Crippen molar-refractivity contribution in [3.63, 3.8) is 0 Å². The number of piperazine rings is 1. The predicted molar refractivity (Wildman–Crippen MR) is 161 cm³/mol. The van der Waals surface area contributed by atoms with E-state index < -0.39 is 0 Å². The molecule has 9 nitrogen and oxygen atoms in total. The molecule has 0 bridgehead atoms. The second-order valence-corrected chi connectivity index (χ2v) is 10.6. The second-order valence-electron chi connectivity index (χ2n) is 10.2. The monoisotopic (exact) mass is 553 g/mol. The number of nitrogens with one attached hydrogen (secondary N) is 3. The summed E-state index contributed by atoms with van der Waals surface area (Å²) < 4.78 is 11.8.